The van der Waals surface area contributed by atoms with Crippen LogP contribution < -0.4 is 0 Å². The molecule has 0 bridgehead atoms. The van der Waals surface area contributed by atoms with E-state index < -0.39 is 0 Å². The van der Waals surface area contributed by atoms with Crippen LogP contribution in [0.5, 0.6) is 0 Å². The molecule has 0 N–H and O–H groups in total. The van der Waals surface area contributed by atoms with Gasteiger partial charge in [-0.05, 0) is 0 Å². The summed E-state index contributed by atoms with van der Waals surface area (Å²) in [5.41, 5.74) is 0. The van der Waals surface area contributed by atoms with Crippen LogP contribution in [-0.2, 0) is 108 Å². The van der Waals surface area contributed by atoms with Crippen LogP contribution in [0.2, 0.25) is 0 Å². The number of hydrogen-bond acceptors (Lipinski definition) is 3. The van der Waals surface area contributed by atoms with Crippen molar-refractivity contribution in [1.29, 1.82) is 0 Å². The third kappa shape index (κ3) is 39.5. The van der Waals surface area contributed by atoms with Crippen LogP contribution in [0, 0.1) is 0 Å². The van der Waals surface area contributed by atoms with E-state index >= 15 is 0 Å². The van der Waals surface area contributed by atoms with E-state index in [4.69, 9.17) is 0 Å². The molecule has 0 atom stereocenters. The molecule has 0 saturated heterocycles. The molecule has 0 aliphatic heterocycles. The van der Waals surface area contributed by atoms with Crippen LogP contribution in [0.1, 0.15) is 0 Å². The summed E-state index contributed by atoms with van der Waals surface area (Å²) in [5.74, 6) is 0. The smallest absolute Gasteiger partial charge is 0.813 e. The molecule has 0 aromatic rings. The topological polar surface area (TPSA) is 0 Å². The Hall–Kier alpha value is 4.09. The molecule has 0 aliphatic carbocycles. The van der Waals surface area contributed by atoms with E-state index in [1.54, 1.807) is 0 Å². The van der Waals surface area contributed by atoms with Crippen molar-refractivity contribution in [2.75, 3.05) is 0 Å². The molecule has 7 heavy (non-hydrogen) atoms. The first kappa shape index (κ1) is 67.5. The van der Waals surface area contributed by atoms with E-state index in [1.165, 1.54) is 0 Å². The molecule has 0 rings (SSSR count). The first-order valence-electron chi connectivity index (χ1n) is 0. The van der Waals surface area contributed by atoms with Gasteiger partial charge in [-0.2, -0.15) is 0 Å². The van der Waals surface area contributed by atoms with Crippen molar-refractivity contribution in [2.45, 2.75) is 0 Å². The maximum Gasteiger partial charge on any atom is 1.00 e. The van der Waals surface area contributed by atoms with Crippen molar-refractivity contribution in [3.63, 3.8) is 0 Å². The van der Waals surface area contributed by atoms with Gasteiger partial charge in [-0.1, -0.05) is 0 Å². The first-order chi connectivity index (χ1) is 0. The molecular weight excluding hydrogens is 542 g/mol. The molecule has 0 unspecified atom stereocenters. The zero-order chi connectivity index (χ0) is 0. The van der Waals surface area contributed by atoms with Crippen molar-refractivity contribution in [3.05, 3.63) is 0 Å². The van der Waals surface area contributed by atoms with Crippen LogP contribution in [-0.4, -0.2) is 24.4 Å². The van der Waals surface area contributed by atoms with Gasteiger partial charge in [0.1, 0.15) is 0 Å². The zero-order valence-electron chi connectivity index (χ0n) is 2.69. The van der Waals surface area contributed by atoms with Crippen molar-refractivity contribution >= 4 is 64.9 Å². The van der Waals surface area contributed by atoms with Crippen LogP contribution in [0.15, 0.2) is 0 Å². The van der Waals surface area contributed by atoms with Crippen LogP contribution in [0.25, 0.3) is 0 Å². The largest absolute Gasteiger partial charge is 1.00 e. The Bertz CT molecular complexity index is 10.1. The van der Waals surface area contributed by atoms with E-state index in [0.717, 1.165) is 0 Å². The Morgan fingerprint density at radius 1 is 0.429 bits per heavy atom. The molecule has 3 radical (unpaired) electrons. The first-order valence-corrected chi connectivity index (χ1v) is 0. The fourth-order valence-corrected chi connectivity index (χ4v) is 0. The van der Waals surface area contributed by atoms with Crippen LogP contribution in [0.3, 0.4) is 0 Å². The fourth-order valence-electron chi connectivity index (χ4n) is 0. The van der Waals surface area contributed by atoms with Gasteiger partial charge in [-0.3, -0.25) is 0 Å². The van der Waals surface area contributed by atoms with Gasteiger partial charge in [0.05, 0.1) is 0 Å². The summed E-state index contributed by atoms with van der Waals surface area (Å²) in [4.78, 5) is 0. The molecule has 0 spiro atoms. The number of hydrogen-bond donors (Lipinski definition) is 0. The van der Waals surface area contributed by atoms with Gasteiger partial charge in [0.25, 0.3) is 0 Å². The minimum Gasteiger partial charge on any atom is -0.813 e. The zero-order valence-corrected chi connectivity index (χ0v) is 12.4. The molecule has 0 fully saturated rings. The fraction of sp³-hybridized carbons (Fsp3) is 0. The monoisotopic (exact) mass is 541 g/mol. The van der Waals surface area contributed by atoms with Gasteiger partial charge >= 0.3 is 67.1 Å². The van der Waals surface area contributed by atoms with E-state index in [1.807, 2.05) is 0 Å². The minimum absolute atomic E-state index is 0. The summed E-state index contributed by atoms with van der Waals surface area (Å²) >= 11 is 0. The van der Waals surface area contributed by atoms with Crippen molar-refractivity contribution in [1.82, 2.24) is 0 Å². The van der Waals surface area contributed by atoms with Gasteiger partial charge < -0.3 is 40.5 Å². The molecule has 0 aromatic heterocycles. The SMILES string of the molecule is [Ag+].[Ag+].[Ag+].[SH-].[SH-].[SH-].[Sb]. The molecule has 0 aromatic carbocycles. The van der Waals surface area contributed by atoms with Gasteiger partial charge in [-0.15, -0.1) is 0 Å². The molecule has 0 aliphatic rings. The Balaban J connectivity index is 0. The summed E-state index contributed by atoms with van der Waals surface area (Å²) in [6.45, 7) is 0. The van der Waals surface area contributed by atoms with E-state index in [9.17, 15) is 0 Å². The summed E-state index contributed by atoms with van der Waals surface area (Å²) < 4.78 is 0. The number of thiol groups is 3. The average molecular weight is 545 g/mol. The third-order valence-electron chi connectivity index (χ3n) is 0. The maximum atomic E-state index is 0. The summed E-state index contributed by atoms with van der Waals surface area (Å²) in [7, 11) is 0. The van der Waals surface area contributed by atoms with Gasteiger partial charge in [0.15, 0.2) is 0 Å². The van der Waals surface area contributed by atoms with Gasteiger partial charge in [0.2, 0.25) is 0 Å². The Labute approximate surface area is 129 Å². The summed E-state index contributed by atoms with van der Waals surface area (Å²) in [6.07, 6.45) is 0. The van der Waals surface area contributed by atoms with E-state index in [0.29, 0.717) is 0 Å². The minimum atomic E-state index is 0. The second-order valence-corrected chi connectivity index (χ2v) is 0. The molecular formula is H3Ag3S3Sb. The summed E-state index contributed by atoms with van der Waals surface area (Å²) in [5, 5.41) is 0. The second-order valence-electron chi connectivity index (χ2n) is 0. The summed E-state index contributed by atoms with van der Waals surface area (Å²) in [6, 6.07) is 0. The number of rotatable bonds is 0. The Morgan fingerprint density at radius 2 is 0.429 bits per heavy atom. The van der Waals surface area contributed by atoms with Crippen LogP contribution >= 0.6 is 0 Å². The molecule has 7 heteroatoms. The molecule has 0 nitrogen and oxygen atoms in total. The predicted molar refractivity (Wildman–Crippen MR) is 32.0 cm³/mol. The quantitative estimate of drug-likeness (QED) is 0.214. The second kappa shape index (κ2) is 49.8. The van der Waals surface area contributed by atoms with Gasteiger partial charge in [-0.25, -0.2) is 0 Å². The molecule has 0 amide bonds. The molecule has 0 heterocycles. The van der Waals surface area contributed by atoms with Crippen molar-refractivity contribution in [3.8, 4) is 0 Å². The van der Waals surface area contributed by atoms with E-state index in [2.05, 4.69) is 0 Å². The van der Waals surface area contributed by atoms with E-state index in [-0.39, 0.29) is 132 Å². The maximum absolute atomic E-state index is 0. The van der Waals surface area contributed by atoms with Gasteiger partial charge in [0, 0.05) is 24.4 Å². The predicted octanol–water partition coefficient (Wildman–Crippen LogP) is -1.20. The van der Waals surface area contributed by atoms with Crippen molar-refractivity contribution in [2.24, 2.45) is 0 Å². The molecule has 0 saturated carbocycles. The van der Waals surface area contributed by atoms with Crippen LogP contribution in [0.4, 0.5) is 0 Å². The molecule has 59 valence electrons. The van der Waals surface area contributed by atoms with Crippen molar-refractivity contribution < 1.29 is 67.1 Å². The normalized spacial score (nSPS) is 0. The standard InChI is InChI=1S/3Ag.3H2S.Sb/h;;;3*1H2;/q3*+1;;;;/p-3. The Morgan fingerprint density at radius 3 is 0.429 bits per heavy atom. The third-order valence-corrected chi connectivity index (χ3v) is 0. The average Bonchev–Trinajstić information content (AvgIpc) is 0. The Kier molecular flexibility index (Phi) is 481.